The first-order valence-corrected chi connectivity index (χ1v) is 6.59. The molecular weight excluding hydrogens is 290 g/mol. The van der Waals surface area contributed by atoms with E-state index in [2.05, 4.69) is 20.9 Å². The largest absolute Gasteiger partial charge is 0.387 e. The van der Waals surface area contributed by atoms with E-state index in [1.807, 2.05) is 0 Å². The van der Waals surface area contributed by atoms with Crippen LogP contribution in [0.5, 0.6) is 0 Å². The molecule has 0 amide bonds. The monoisotopic (exact) mass is 305 g/mol. The second-order valence-corrected chi connectivity index (χ2v) is 4.85. The van der Waals surface area contributed by atoms with Crippen LogP contribution in [-0.4, -0.2) is 61.3 Å². The van der Waals surface area contributed by atoms with Crippen LogP contribution >= 0.6 is 0 Å². The Hall–Kier alpha value is -2.25. The van der Waals surface area contributed by atoms with Crippen LogP contribution < -0.4 is 5.73 Å². The SMILES string of the molecule is C#CCOCC1OC(n2cnc3c(N)ncnc32)C(O)C1O. The van der Waals surface area contributed by atoms with Crippen molar-refractivity contribution in [3.8, 4) is 12.3 Å². The molecule has 0 radical (unpaired) electrons. The Morgan fingerprint density at radius 1 is 1.36 bits per heavy atom. The lowest BCUT2D eigenvalue weighted by Crippen LogP contribution is -2.33. The highest BCUT2D eigenvalue weighted by atomic mass is 16.6. The van der Waals surface area contributed by atoms with Crippen molar-refractivity contribution in [2.45, 2.75) is 24.5 Å². The number of nitrogens with zero attached hydrogens (tertiary/aromatic N) is 4. The van der Waals surface area contributed by atoms with E-state index < -0.39 is 24.5 Å². The molecule has 4 unspecified atom stereocenters. The van der Waals surface area contributed by atoms with Crippen LogP contribution in [-0.2, 0) is 9.47 Å². The highest BCUT2D eigenvalue weighted by Gasteiger charge is 2.44. The molecule has 3 rings (SSSR count). The molecule has 3 heterocycles. The fraction of sp³-hybridized carbons (Fsp3) is 0.462. The number of nitrogen functional groups attached to an aromatic ring is 1. The summed E-state index contributed by atoms with van der Waals surface area (Å²) in [6, 6.07) is 0. The van der Waals surface area contributed by atoms with Crippen LogP contribution in [0.3, 0.4) is 0 Å². The van der Waals surface area contributed by atoms with Gasteiger partial charge in [-0.05, 0) is 0 Å². The number of aromatic nitrogens is 4. The van der Waals surface area contributed by atoms with Gasteiger partial charge < -0.3 is 25.4 Å². The highest BCUT2D eigenvalue weighted by Crippen LogP contribution is 2.31. The van der Waals surface area contributed by atoms with Gasteiger partial charge in [-0.15, -0.1) is 6.42 Å². The van der Waals surface area contributed by atoms with Crippen LogP contribution in [0.2, 0.25) is 0 Å². The van der Waals surface area contributed by atoms with Gasteiger partial charge >= 0.3 is 0 Å². The minimum absolute atomic E-state index is 0.0721. The Balaban J connectivity index is 1.85. The molecule has 0 saturated carbocycles. The number of terminal acetylenes is 1. The van der Waals surface area contributed by atoms with E-state index in [-0.39, 0.29) is 19.0 Å². The third-order valence-electron chi connectivity index (χ3n) is 3.47. The average Bonchev–Trinajstić information content (AvgIpc) is 3.05. The summed E-state index contributed by atoms with van der Waals surface area (Å²) in [5.74, 6) is 2.55. The molecule has 22 heavy (non-hydrogen) atoms. The van der Waals surface area contributed by atoms with Gasteiger partial charge in [0, 0.05) is 0 Å². The van der Waals surface area contributed by atoms with E-state index in [0.717, 1.165) is 0 Å². The molecule has 1 aliphatic rings. The Morgan fingerprint density at radius 2 is 2.18 bits per heavy atom. The lowest BCUT2D eigenvalue weighted by Gasteiger charge is -2.16. The van der Waals surface area contributed by atoms with E-state index in [9.17, 15) is 10.2 Å². The molecule has 0 aliphatic carbocycles. The lowest BCUT2D eigenvalue weighted by atomic mass is 10.1. The third kappa shape index (κ3) is 2.38. The maximum atomic E-state index is 10.2. The van der Waals surface area contributed by atoms with Gasteiger partial charge in [-0.2, -0.15) is 0 Å². The van der Waals surface area contributed by atoms with Gasteiger partial charge in [0.05, 0.1) is 12.9 Å². The van der Waals surface area contributed by atoms with Gasteiger partial charge in [0.1, 0.15) is 36.8 Å². The summed E-state index contributed by atoms with van der Waals surface area (Å²) < 4.78 is 12.3. The van der Waals surface area contributed by atoms with Gasteiger partial charge in [0.25, 0.3) is 0 Å². The number of aliphatic hydroxyl groups is 2. The molecule has 1 fully saturated rings. The zero-order valence-corrected chi connectivity index (χ0v) is 11.5. The van der Waals surface area contributed by atoms with Gasteiger partial charge in [0.15, 0.2) is 17.7 Å². The first-order valence-electron chi connectivity index (χ1n) is 6.59. The predicted molar refractivity (Wildman–Crippen MR) is 75.3 cm³/mol. The van der Waals surface area contributed by atoms with Crippen LogP contribution in [0, 0.1) is 12.3 Å². The second-order valence-electron chi connectivity index (χ2n) is 4.85. The number of rotatable bonds is 4. The molecule has 0 bridgehead atoms. The van der Waals surface area contributed by atoms with Gasteiger partial charge in [-0.1, -0.05) is 5.92 Å². The summed E-state index contributed by atoms with van der Waals surface area (Å²) in [6.45, 7) is 0.174. The standard InChI is InChI=1S/C13H15N5O4/c1-2-3-21-4-7-9(19)10(20)13(22-7)18-6-17-8-11(14)15-5-16-12(8)18/h1,5-7,9-10,13,19-20H,3-4H2,(H2,14,15,16). The van der Waals surface area contributed by atoms with Gasteiger partial charge in [-0.25, -0.2) is 15.0 Å². The Labute approximate surface area is 125 Å². The second kappa shape index (κ2) is 5.86. The Bertz CT molecular complexity index is 712. The van der Waals surface area contributed by atoms with E-state index >= 15 is 0 Å². The first kappa shape index (κ1) is 14.7. The third-order valence-corrected chi connectivity index (χ3v) is 3.47. The van der Waals surface area contributed by atoms with E-state index in [0.29, 0.717) is 11.2 Å². The summed E-state index contributed by atoms with van der Waals surface area (Å²) >= 11 is 0. The minimum atomic E-state index is -1.16. The number of aliphatic hydroxyl groups excluding tert-OH is 2. The molecule has 1 aliphatic heterocycles. The van der Waals surface area contributed by atoms with Crippen LogP contribution in [0.15, 0.2) is 12.7 Å². The molecule has 4 N–H and O–H groups in total. The van der Waals surface area contributed by atoms with Crippen molar-refractivity contribution >= 4 is 17.0 Å². The highest BCUT2D eigenvalue weighted by molar-refractivity contribution is 5.81. The first-order chi connectivity index (χ1) is 10.6. The fourth-order valence-corrected chi connectivity index (χ4v) is 2.39. The number of hydrogen-bond donors (Lipinski definition) is 3. The molecule has 116 valence electrons. The van der Waals surface area contributed by atoms with Crippen LogP contribution in [0.1, 0.15) is 6.23 Å². The van der Waals surface area contributed by atoms with Crippen molar-refractivity contribution in [3.63, 3.8) is 0 Å². The molecule has 0 spiro atoms. The molecule has 2 aromatic rings. The number of nitrogens with two attached hydrogens (primary N) is 1. The van der Waals surface area contributed by atoms with Gasteiger partial charge in [0.2, 0.25) is 0 Å². The van der Waals surface area contributed by atoms with Crippen molar-refractivity contribution in [3.05, 3.63) is 12.7 Å². The van der Waals surface area contributed by atoms with Crippen molar-refractivity contribution in [2.24, 2.45) is 0 Å². The maximum Gasteiger partial charge on any atom is 0.167 e. The van der Waals surface area contributed by atoms with Crippen molar-refractivity contribution in [1.82, 2.24) is 19.5 Å². The molecule has 9 heteroatoms. The molecule has 9 nitrogen and oxygen atoms in total. The van der Waals surface area contributed by atoms with Crippen LogP contribution in [0.25, 0.3) is 11.2 Å². The Kier molecular flexibility index (Phi) is 3.91. The van der Waals surface area contributed by atoms with E-state index in [1.54, 1.807) is 0 Å². The van der Waals surface area contributed by atoms with Gasteiger partial charge in [-0.3, -0.25) is 4.57 Å². The van der Waals surface area contributed by atoms with Crippen molar-refractivity contribution in [1.29, 1.82) is 0 Å². The fourth-order valence-electron chi connectivity index (χ4n) is 2.39. The molecule has 2 aromatic heterocycles. The quantitative estimate of drug-likeness (QED) is 0.468. The molecule has 4 atom stereocenters. The minimum Gasteiger partial charge on any atom is -0.387 e. The molecular formula is C13H15N5O4. The maximum absolute atomic E-state index is 10.2. The number of imidazole rings is 1. The van der Waals surface area contributed by atoms with E-state index in [4.69, 9.17) is 21.6 Å². The van der Waals surface area contributed by atoms with Crippen molar-refractivity contribution < 1.29 is 19.7 Å². The smallest absolute Gasteiger partial charge is 0.167 e. The van der Waals surface area contributed by atoms with Crippen LogP contribution in [0.4, 0.5) is 5.82 Å². The normalized spacial score (nSPS) is 28.0. The Morgan fingerprint density at radius 3 is 2.95 bits per heavy atom. The zero-order valence-electron chi connectivity index (χ0n) is 11.5. The topological polar surface area (TPSA) is 129 Å². The summed E-state index contributed by atoms with van der Waals surface area (Å²) in [5.41, 5.74) is 6.53. The lowest BCUT2D eigenvalue weighted by molar-refractivity contribution is -0.0615. The van der Waals surface area contributed by atoms with Crippen molar-refractivity contribution in [2.75, 3.05) is 18.9 Å². The molecule has 0 aromatic carbocycles. The molecule has 1 saturated heterocycles. The summed E-state index contributed by atoms with van der Waals surface area (Å²) in [4.78, 5) is 12.0. The summed E-state index contributed by atoms with van der Waals surface area (Å²) in [6.07, 6.45) is 3.99. The number of hydrogen-bond acceptors (Lipinski definition) is 8. The summed E-state index contributed by atoms with van der Waals surface area (Å²) in [5, 5.41) is 20.2. The summed E-state index contributed by atoms with van der Waals surface area (Å²) in [7, 11) is 0. The number of anilines is 1. The average molecular weight is 305 g/mol. The predicted octanol–water partition coefficient (Wildman–Crippen LogP) is -1.32. The number of fused-ring (bicyclic) bond motifs is 1. The number of ether oxygens (including phenoxy) is 2. The zero-order chi connectivity index (χ0) is 15.7. The van der Waals surface area contributed by atoms with E-state index in [1.165, 1.54) is 17.2 Å².